The number of urea groups is 1. The number of hydrogen-bond acceptors (Lipinski definition) is 3. The van der Waals surface area contributed by atoms with Crippen LogP contribution in [0.15, 0.2) is 61.2 Å². The van der Waals surface area contributed by atoms with Crippen molar-refractivity contribution in [3.63, 3.8) is 0 Å². The molecule has 0 bridgehead atoms. The van der Waals surface area contributed by atoms with Gasteiger partial charge >= 0.3 is 6.03 Å². The van der Waals surface area contributed by atoms with Crippen molar-refractivity contribution >= 4 is 17.6 Å². The maximum Gasteiger partial charge on any atom is 0.317 e. The first-order valence-electron chi connectivity index (χ1n) is 8.24. The van der Waals surface area contributed by atoms with Crippen molar-refractivity contribution in [2.75, 3.05) is 7.05 Å². The minimum Gasteiger partial charge on any atom is -0.334 e. The predicted molar refractivity (Wildman–Crippen MR) is 101 cm³/mol. The zero-order valence-electron chi connectivity index (χ0n) is 14.5. The summed E-state index contributed by atoms with van der Waals surface area (Å²) in [5.74, 6) is 0. The van der Waals surface area contributed by atoms with Crippen molar-refractivity contribution < 1.29 is 4.79 Å². The van der Waals surface area contributed by atoms with Crippen LogP contribution in [0.2, 0.25) is 5.02 Å². The molecule has 0 radical (unpaired) electrons. The number of nitrogens with zero attached hydrogens (tertiary/aromatic N) is 4. The highest BCUT2D eigenvalue weighted by atomic mass is 35.5. The molecule has 0 atom stereocenters. The van der Waals surface area contributed by atoms with Crippen LogP contribution in [0, 0.1) is 0 Å². The highest BCUT2D eigenvalue weighted by Gasteiger charge is 2.09. The molecule has 0 unspecified atom stereocenters. The Kier molecular flexibility index (Phi) is 5.86. The summed E-state index contributed by atoms with van der Waals surface area (Å²) < 4.78 is 1.77. The Bertz CT molecular complexity index is 849. The maximum atomic E-state index is 12.2. The van der Waals surface area contributed by atoms with E-state index >= 15 is 0 Å². The first-order chi connectivity index (χ1) is 12.6. The molecular formula is C19H20ClN5O. The van der Waals surface area contributed by atoms with E-state index in [0.717, 1.165) is 16.7 Å². The van der Waals surface area contributed by atoms with Gasteiger partial charge in [-0.15, -0.1) is 0 Å². The number of benzene rings is 2. The van der Waals surface area contributed by atoms with Gasteiger partial charge in [-0.3, -0.25) is 0 Å². The molecule has 1 heterocycles. The van der Waals surface area contributed by atoms with Crippen LogP contribution in [0.1, 0.15) is 16.7 Å². The second-order valence-electron chi connectivity index (χ2n) is 6.05. The number of carbonyl (C=O) groups excluding carboxylic acids is 1. The van der Waals surface area contributed by atoms with Gasteiger partial charge in [-0.2, -0.15) is 5.10 Å². The summed E-state index contributed by atoms with van der Waals surface area (Å²) in [6.45, 7) is 1.65. The van der Waals surface area contributed by atoms with Crippen LogP contribution in [-0.2, 0) is 19.6 Å². The third-order valence-electron chi connectivity index (χ3n) is 3.93. The van der Waals surface area contributed by atoms with E-state index in [4.69, 9.17) is 11.6 Å². The highest BCUT2D eigenvalue weighted by Crippen LogP contribution is 2.12. The molecule has 0 saturated heterocycles. The lowest BCUT2D eigenvalue weighted by molar-refractivity contribution is 0.206. The molecule has 3 rings (SSSR count). The zero-order chi connectivity index (χ0) is 18.4. The zero-order valence-corrected chi connectivity index (χ0v) is 15.2. The van der Waals surface area contributed by atoms with E-state index in [0.29, 0.717) is 24.7 Å². The molecule has 0 aliphatic carbocycles. The molecular weight excluding hydrogens is 350 g/mol. The number of hydrogen-bond donors (Lipinski definition) is 1. The van der Waals surface area contributed by atoms with Crippen molar-refractivity contribution in [1.29, 1.82) is 0 Å². The largest absolute Gasteiger partial charge is 0.334 e. The molecule has 0 fully saturated rings. The highest BCUT2D eigenvalue weighted by molar-refractivity contribution is 6.30. The molecule has 0 aliphatic heterocycles. The van der Waals surface area contributed by atoms with E-state index in [9.17, 15) is 4.79 Å². The van der Waals surface area contributed by atoms with E-state index in [1.54, 1.807) is 23.0 Å². The van der Waals surface area contributed by atoms with Gasteiger partial charge in [-0.05, 0) is 28.8 Å². The van der Waals surface area contributed by atoms with Crippen LogP contribution < -0.4 is 5.32 Å². The fraction of sp³-hybridized carbons (Fsp3) is 0.211. The second-order valence-corrected chi connectivity index (χ2v) is 6.49. The van der Waals surface area contributed by atoms with Crippen molar-refractivity contribution in [3.05, 3.63) is 82.9 Å². The predicted octanol–water partition coefficient (Wildman–Crippen LogP) is 3.32. The number of aromatic nitrogens is 3. The first kappa shape index (κ1) is 17.9. The lowest BCUT2D eigenvalue weighted by Gasteiger charge is -2.18. The van der Waals surface area contributed by atoms with Gasteiger partial charge in [-0.25, -0.2) is 14.5 Å². The van der Waals surface area contributed by atoms with E-state index < -0.39 is 0 Å². The van der Waals surface area contributed by atoms with Gasteiger partial charge in [0.1, 0.15) is 12.7 Å². The van der Waals surface area contributed by atoms with Crippen LogP contribution in [0.4, 0.5) is 4.79 Å². The van der Waals surface area contributed by atoms with Gasteiger partial charge in [0.15, 0.2) is 0 Å². The number of halogens is 1. The molecule has 0 aliphatic rings. The second kappa shape index (κ2) is 8.49. The Morgan fingerprint density at radius 3 is 2.62 bits per heavy atom. The first-order valence-corrected chi connectivity index (χ1v) is 8.61. The van der Waals surface area contributed by atoms with Crippen LogP contribution in [0.25, 0.3) is 0 Å². The fourth-order valence-corrected chi connectivity index (χ4v) is 2.77. The molecule has 26 heavy (non-hydrogen) atoms. The number of carbonyl (C=O) groups is 1. The van der Waals surface area contributed by atoms with E-state index in [-0.39, 0.29) is 6.03 Å². The Hall–Kier alpha value is -2.86. The third kappa shape index (κ3) is 5.07. The Morgan fingerprint density at radius 1 is 1.15 bits per heavy atom. The standard InChI is InChI=1S/C19H20ClN5O/c1-24(11-17-3-2-4-18(20)9-17)19(26)22-10-15-5-7-16(8-6-15)12-25-14-21-13-23-25/h2-9,13-14H,10-12H2,1H3,(H,22,26). The summed E-state index contributed by atoms with van der Waals surface area (Å²) in [4.78, 5) is 17.8. The van der Waals surface area contributed by atoms with Gasteiger partial charge in [0.05, 0.1) is 6.54 Å². The average Bonchev–Trinajstić information content (AvgIpc) is 3.14. The third-order valence-corrected chi connectivity index (χ3v) is 4.17. The number of rotatable bonds is 6. The normalized spacial score (nSPS) is 10.5. The van der Waals surface area contributed by atoms with E-state index in [1.165, 1.54) is 6.33 Å². The molecule has 3 aromatic rings. The van der Waals surface area contributed by atoms with Crippen molar-refractivity contribution in [3.8, 4) is 0 Å². The lowest BCUT2D eigenvalue weighted by Crippen LogP contribution is -2.36. The number of nitrogens with one attached hydrogen (secondary N) is 1. The summed E-state index contributed by atoms with van der Waals surface area (Å²) in [6, 6.07) is 15.4. The molecule has 2 amide bonds. The molecule has 0 saturated carbocycles. The minimum atomic E-state index is -0.128. The van der Waals surface area contributed by atoms with Crippen LogP contribution in [0.3, 0.4) is 0 Å². The molecule has 6 nitrogen and oxygen atoms in total. The smallest absolute Gasteiger partial charge is 0.317 e. The van der Waals surface area contributed by atoms with E-state index in [1.807, 2.05) is 48.5 Å². The fourth-order valence-electron chi connectivity index (χ4n) is 2.56. The summed E-state index contributed by atoms with van der Waals surface area (Å²) in [5.41, 5.74) is 3.16. The average molecular weight is 370 g/mol. The molecule has 1 N–H and O–H groups in total. The molecule has 134 valence electrons. The van der Waals surface area contributed by atoms with Crippen molar-refractivity contribution in [1.82, 2.24) is 25.0 Å². The Morgan fingerprint density at radius 2 is 1.92 bits per heavy atom. The SMILES string of the molecule is CN(Cc1cccc(Cl)c1)C(=O)NCc1ccc(Cn2cncn2)cc1. The Labute approximate surface area is 157 Å². The lowest BCUT2D eigenvalue weighted by atomic mass is 10.1. The topological polar surface area (TPSA) is 63.1 Å². The van der Waals surface area contributed by atoms with E-state index in [2.05, 4.69) is 15.4 Å². The van der Waals surface area contributed by atoms with Gasteiger partial charge in [-0.1, -0.05) is 48.0 Å². The van der Waals surface area contributed by atoms with Gasteiger partial charge in [0.2, 0.25) is 0 Å². The summed E-state index contributed by atoms with van der Waals surface area (Å²) >= 11 is 5.98. The molecule has 1 aromatic heterocycles. The molecule has 7 heteroatoms. The van der Waals surface area contributed by atoms with Crippen LogP contribution >= 0.6 is 11.6 Å². The van der Waals surface area contributed by atoms with Gasteiger partial charge < -0.3 is 10.2 Å². The summed E-state index contributed by atoms with van der Waals surface area (Å²) in [6.07, 6.45) is 3.20. The summed E-state index contributed by atoms with van der Waals surface area (Å²) in [7, 11) is 1.76. The molecule has 0 spiro atoms. The van der Waals surface area contributed by atoms with Crippen molar-refractivity contribution in [2.24, 2.45) is 0 Å². The summed E-state index contributed by atoms with van der Waals surface area (Å²) in [5, 5.41) is 7.68. The van der Waals surface area contributed by atoms with Gasteiger partial charge in [0.25, 0.3) is 0 Å². The van der Waals surface area contributed by atoms with Gasteiger partial charge in [0, 0.05) is 25.2 Å². The van der Waals surface area contributed by atoms with Crippen LogP contribution in [0.5, 0.6) is 0 Å². The van der Waals surface area contributed by atoms with Crippen molar-refractivity contribution in [2.45, 2.75) is 19.6 Å². The maximum absolute atomic E-state index is 12.2. The monoisotopic (exact) mass is 369 g/mol. The molecule has 2 aromatic carbocycles. The Balaban J connectivity index is 1.49. The minimum absolute atomic E-state index is 0.128. The quantitative estimate of drug-likeness (QED) is 0.725. The number of amides is 2. The van der Waals surface area contributed by atoms with Crippen LogP contribution in [-0.4, -0.2) is 32.7 Å².